The Morgan fingerprint density at radius 1 is 1.05 bits per heavy atom. The molecule has 1 aromatic heterocycles. The molecule has 8 heteroatoms. The molecule has 0 radical (unpaired) electrons. The van der Waals surface area contributed by atoms with Crippen molar-refractivity contribution < 1.29 is 37.8 Å². The number of carbonyl (C=O) groups is 4. The third-order valence-electron chi connectivity index (χ3n) is 9.51. The van der Waals surface area contributed by atoms with Crippen molar-refractivity contribution >= 4 is 23.7 Å². The third kappa shape index (κ3) is 4.68. The first-order valence-corrected chi connectivity index (χ1v) is 13.7. The van der Waals surface area contributed by atoms with E-state index in [-0.39, 0.29) is 18.2 Å². The first-order chi connectivity index (χ1) is 18.6. The summed E-state index contributed by atoms with van der Waals surface area (Å²) in [6, 6.07) is 11.9. The van der Waals surface area contributed by atoms with Gasteiger partial charge in [0.15, 0.2) is 11.9 Å². The molecule has 7 atom stereocenters. The largest absolute Gasteiger partial charge is 0.469 e. The number of benzene rings is 1. The number of esters is 3. The molecule has 3 fully saturated rings. The number of Topliss-reactive ketones (excluding diaryl/α,β-unsaturated/α-hetero) is 1. The first kappa shape index (κ1) is 27.2. The van der Waals surface area contributed by atoms with Gasteiger partial charge in [-0.25, -0.2) is 0 Å². The number of rotatable bonds is 6. The van der Waals surface area contributed by atoms with Crippen LogP contribution in [0, 0.1) is 28.6 Å². The SMILES string of the molecule is COC(=O)[C@@H]1C[C@H](OC(C)=O)C(=O)[C@H]2[C@@]1(C)CC[C@H]1C(=O)O[C@H](c3ccoc3CCc3ccccc3)C[C@]21C. The van der Waals surface area contributed by atoms with Gasteiger partial charge in [-0.2, -0.15) is 0 Å². The molecule has 8 nitrogen and oxygen atoms in total. The average Bonchev–Trinajstić information content (AvgIpc) is 3.37. The van der Waals surface area contributed by atoms with Gasteiger partial charge >= 0.3 is 17.9 Å². The number of furan rings is 1. The van der Waals surface area contributed by atoms with Crippen molar-refractivity contribution in [3.8, 4) is 0 Å². The monoisotopic (exact) mass is 536 g/mol. The molecule has 1 saturated heterocycles. The van der Waals surface area contributed by atoms with Gasteiger partial charge in [-0.05, 0) is 48.1 Å². The van der Waals surface area contributed by atoms with Crippen LogP contribution >= 0.6 is 0 Å². The van der Waals surface area contributed by atoms with Gasteiger partial charge in [-0.1, -0.05) is 44.2 Å². The van der Waals surface area contributed by atoms with Crippen molar-refractivity contribution in [3.63, 3.8) is 0 Å². The number of ketones is 1. The Kier molecular flexibility index (Phi) is 7.16. The molecule has 208 valence electrons. The summed E-state index contributed by atoms with van der Waals surface area (Å²) in [6.45, 7) is 5.16. The first-order valence-electron chi connectivity index (χ1n) is 13.7. The number of methoxy groups -OCH3 is 1. The number of aryl methyl sites for hydroxylation is 2. The van der Waals surface area contributed by atoms with Crippen LogP contribution in [0.3, 0.4) is 0 Å². The van der Waals surface area contributed by atoms with Gasteiger partial charge < -0.3 is 18.6 Å². The highest BCUT2D eigenvalue weighted by molar-refractivity contribution is 5.93. The zero-order chi connectivity index (χ0) is 27.9. The molecular weight excluding hydrogens is 500 g/mol. The van der Waals surface area contributed by atoms with E-state index in [1.807, 2.05) is 38.1 Å². The van der Waals surface area contributed by atoms with Gasteiger partial charge in [0.05, 0.1) is 25.2 Å². The molecule has 0 unspecified atom stereocenters. The lowest BCUT2D eigenvalue weighted by atomic mass is 9.43. The molecule has 2 saturated carbocycles. The van der Waals surface area contributed by atoms with Crippen LogP contribution in [-0.4, -0.2) is 36.9 Å². The molecule has 3 aliphatic rings. The second-order valence-corrected chi connectivity index (χ2v) is 11.8. The molecule has 2 heterocycles. The predicted octanol–water partition coefficient (Wildman–Crippen LogP) is 4.79. The molecule has 0 spiro atoms. The van der Waals surface area contributed by atoms with Gasteiger partial charge in [0.25, 0.3) is 0 Å². The maximum atomic E-state index is 14.0. The second-order valence-electron chi connectivity index (χ2n) is 11.8. The maximum absolute atomic E-state index is 14.0. The normalized spacial score (nSPS) is 33.9. The molecule has 39 heavy (non-hydrogen) atoms. The summed E-state index contributed by atoms with van der Waals surface area (Å²) in [5, 5.41) is 0. The Morgan fingerprint density at radius 3 is 2.49 bits per heavy atom. The molecule has 2 aliphatic carbocycles. The Hall–Kier alpha value is -3.42. The molecule has 1 aliphatic heterocycles. The van der Waals surface area contributed by atoms with Crippen LogP contribution in [-0.2, 0) is 46.2 Å². The number of ether oxygens (including phenoxy) is 3. The van der Waals surface area contributed by atoms with E-state index in [2.05, 4.69) is 12.1 Å². The van der Waals surface area contributed by atoms with Crippen molar-refractivity contribution in [1.82, 2.24) is 0 Å². The van der Waals surface area contributed by atoms with E-state index in [0.29, 0.717) is 25.7 Å². The lowest BCUT2D eigenvalue weighted by Gasteiger charge is -2.61. The quantitative estimate of drug-likeness (QED) is 0.383. The summed E-state index contributed by atoms with van der Waals surface area (Å²) in [5.41, 5.74) is 0.411. The summed E-state index contributed by atoms with van der Waals surface area (Å²) >= 11 is 0. The number of cyclic esters (lactones) is 1. The molecule has 0 N–H and O–H groups in total. The summed E-state index contributed by atoms with van der Waals surface area (Å²) in [7, 11) is 1.33. The summed E-state index contributed by atoms with van der Waals surface area (Å²) in [6.07, 6.45) is 2.83. The molecule has 0 bridgehead atoms. The highest BCUT2D eigenvalue weighted by atomic mass is 16.6. The second kappa shape index (κ2) is 10.3. The van der Waals surface area contributed by atoms with Crippen LogP contribution < -0.4 is 0 Å². The van der Waals surface area contributed by atoms with E-state index in [9.17, 15) is 19.2 Å². The minimum absolute atomic E-state index is 0.0814. The van der Waals surface area contributed by atoms with Gasteiger partial charge in [-0.3, -0.25) is 19.2 Å². The van der Waals surface area contributed by atoms with Crippen LogP contribution in [0.1, 0.15) is 69.4 Å². The molecule has 1 aromatic carbocycles. The van der Waals surface area contributed by atoms with E-state index in [0.717, 1.165) is 17.7 Å². The van der Waals surface area contributed by atoms with Crippen LogP contribution in [0.5, 0.6) is 0 Å². The Balaban J connectivity index is 1.49. The molecular formula is C31H36O8. The number of carbonyl (C=O) groups excluding carboxylic acids is 4. The standard InChI is InChI=1S/C31H36O8/c1-18(32)38-24-16-22(28(34)36-4)30(2)14-12-21-29(35)39-25(17-31(21,3)27(30)26(24)33)20-13-15-37-23(20)11-10-19-8-6-5-7-9-19/h5-9,13,15,21-22,24-25,27H,10-12,14,16-17H2,1-4H3/t21-,22-,24-,25-,27-,30-,31-/m0/s1. The topological polar surface area (TPSA) is 109 Å². The average molecular weight is 537 g/mol. The highest BCUT2D eigenvalue weighted by Crippen LogP contribution is 2.65. The number of hydrogen-bond acceptors (Lipinski definition) is 8. The van der Waals surface area contributed by atoms with Crippen molar-refractivity contribution in [2.75, 3.05) is 7.11 Å². The molecule has 5 rings (SSSR count). The third-order valence-corrected chi connectivity index (χ3v) is 9.51. The van der Waals surface area contributed by atoms with Crippen LogP contribution in [0.15, 0.2) is 47.1 Å². The molecule has 2 aromatic rings. The van der Waals surface area contributed by atoms with Crippen molar-refractivity contribution in [1.29, 1.82) is 0 Å². The summed E-state index contributed by atoms with van der Waals surface area (Å²) in [4.78, 5) is 52.4. The van der Waals surface area contributed by atoms with Crippen LogP contribution in [0.4, 0.5) is 0 Å². The Bertz CT molecular complexity index is 1260. The zero-order valence-corrected chi connectivity index (χ0v) is 22.9. The number of fused-ring (bicyclic) bond motifs is 3. The van der Waals surface area contributed by atoms with E-state index in [4.69, 9.17) is 18.6 Å². The van der Waals surface area contributed by atoms with Gasteiger partial charge in [0.1, 0.15) is 11.9 Å². The van der Waals surface area contributed by atoms with Crippen molar-refractivity contribution in [2.24, 2.45) is 28.6 Å². The Morgan fingerprint density at radius 2 is 1.79 bits per heavy atom. The fourth-order valence-electron chi connectivity index (χ4n) is 7.74. The van der Waals surface area contributed by atoms with Crippen molar-refractivity contribution in [2.45, 2.75) is 71.5 Å². The van der Waals surface area contributed by atoms with Crippen LogP contribution in [0.2, 0.25) is 0 Å². The van der Waals surface area contributed by atoms with Gasteiger partial charge in [0, 0.05) is 31.2 Å². The van der Waals surface area contributed by atoms with E-state index >= 15 is 0 Å². The summed E-state index contributed by atoms with van der Waals surface area (Å²) in [5.74, 6) is -2.68. The predicted molar refractivity (Wildman–Crippen MR) is 139 cm³/mol. The van der Waals surface area contributed by atoms with Crippen molar-refractivity contribution in [3.05, 3.63) is 59.5 Å². The Labute approximate surface area is 228 Å². The fourth-order valence-corrected chi connectivity index (χ4v) is 7.74. The number of hydrogen-bond donors (Lipinski definition) is 0. The lowest BCUT2D eigenvalue weighted by molar-refractivity contribution is -0.210. The van der Waals surface area contributed by atoms with Gasteiger partial charge in [-0.15, -0.1) is 0 Å². The maximum Gasteiger partial charge on any atom is 0.310 e. The van der Waals surface area contributed by atoms with E-state index in [1.54, 1.807) is 6.26 Å². The molecule has 0 amide bonds. The minimum atomic E-state index is -1.06. The zero-order valence-electron chi connectivity index (χ0n) is 22.9. The fraction of sp³-hybridized carbons (Fsp3) is 0.548. The highest BCUT2D eigenvalue weighted by Gasteiger charge is 2.67. The van der Waals surface area contributed by atoms with Gasteiger partial charge in [0.2, 0.25) is 0 Å². The van der Waals surface area contributed by atoms with E-state index < -0.39 is 52.7 Å². The summed E-state index contributed by atoms with van der Waals surface area (Å²) < 4.78 is 22.4. The smallest absolute Gasteiger partial charge is 0.310 e. The van der Waals surface area contributed by atoms with Crippen LogP contribution in [0.25, 0.3) is 0 Å². The minimum Gasteiger partial charge on any atom is -0.469 e. The van der Waals surface area contributed by atoms with E-state index in [1.165, 1.54) is 19.6 Å². The lowest BCUT2D eigenvalue weighted by Crippen LogP contribution is -2.64.